The van der Waals surface area contributed by atoms with Crippen LogP contribution in [0.1, 0.15) is 18.1 Å². The summed E-state index contributed by atoms with van der Waals surface area (Å²) in [6.07, 6.45) is 3.57. The largest absolute Gasteiger partial charge is 0.427 e. The third-order valence-electron chi connectivity index (χ3n) is 3.14. The maximum absolute atomic E-state index is 10.9. The highest BCUT2D eigenvalue weighted by Crippen LogP contribution is 2.15. The summed E-state index contributed by atoms with van der Waals surface area (Å²) in [6, 6.07) is 11.3. The third-order valence-corrected chi connectivity index (χ3v) is 3.14. The van der Waals surface area contributed by atoms with E-state index in [1.807, 2.05) is 30.5 Å². The van der Waals surface area contributed by atoms with Gasteiger partial charge < -0.3 is 9.84 Å². The van der Waals surface area contributed by atoms with Crippen LogP contribution in [0.15, 0.2) is 48.8 Å². The molecule has 0 fully saturated rings. The zero-order valence-electron chi connectivity index (χ0n) is 12.6. The van der Waals surface area contributed by atoms with Gasteiger partial charge in [-0.05, 0) is 29.3 Å². The van der Waals surface area contributed by atoms with Crippen molar-refractivity contribution in [1.29, 1.82) is 0 Å². The van der Waals surface area contributed by atoms with Crippen molar-refractivity contribution in [3.8, 4) is 5.75 Å². The first-order valence-corrected chi connectivity index (χ1v) is 7.17. The fourth-order valence-electron chi connectivity index (χ4n) is 2.19. The zero-order valence-corrected chi connectivity index (χ0v) is 12.6. The molecule has 116 valence electrons. The summed E-state index contributed by atoms with van der Waals surface area (Å²) < 4.78 is 5.02. The molecule has 0 unspecified atom stereocenters. The lowest BCUT2D eigenvalue weighted by molar-refractivity contribution is -0.131. The number of ether oxygens (including phenoxy) is 1. The standard InChI is InChI=1S/C17H20N2O3/c1-14(21)22-17-6-4-15(5-7-17)12-19(9-10-20)13-16-3-2-8-18-11-16/h2-8,11,20H,9-10,12-13H2,1H3. The summed E-state index contributed by atoms with van der Waals surface area (Å²) in [7, 11) is 0. The molecule has 0 radical (unpaired) electrons. The third kappa shape index (κ3) is 5.27. The van der Waals surface area contributed by atoms with Gasteiger partial charge in [-0.15, -0.1) is 0 Å². The number of esters is 1. The lowest BCUT2D eigenvalue weighted by Crippen LogP contribution is -2.26. The molecule has 0 bridgehead atoms. The molecular formula is C17H20N2O3. The van der Waals surface area contributed by atoms with Crippen LogP contribution in [0.3, 0.4) is 0 Å². The molecule has 1 aromatic carbocycles. The Kier molecular flexibility index (Phi) is 6.06. The van der Waals surface area contributed by atoms with Gasteiger partial charge in [0.2, 0.25) is 0 Å². The van der Waals surface area contributed by atoms with E-state index in [9.17, 15) is 9.90 Å². The van der Waals surface area contributed by atoms with Crippen molar-refractivity contribution >= 4 is 5.97 Å². The van der Waals surface area contributed by atoms with Crippen LogP contribution in [0, 0.1) is 0 Å². The molecule has 0 aliphatic heterocycles. The molecule has 1 aromatic heterocycles. The van der Waals surface area contributed by atoms with Crippen molar-refractivity contribution in [3.63, 3.8) is 0 Å². The molecule has 2 rings (SSSR count). The van der Waals surface area contributed by atoms with Gasteiger partial charge >= 0.3 is 5.97 Å². The van der Waals surface area contributed by atoms with Gasteiger partial charge in [0, 0.05) is 39.0 Å². The van der Waals surface area contributed by atoms with E-state index >= 15 is 0 Å². The summed E-state index contributed by atoms with van der Waals surface area (Å²) in [4.78, 5) is 17.1. The van der Waals surface area contributed by atoms with E-state index in [0.29, 0.717) is 18.8 Å². The van der Waals surface area contributed by atoms with Crippen molar-refractivity contribution in [2.75, 3.05) is 13.2 Å². The summed E-state index contributed by atoms with van der Waals surface area (Å²) in [5, 5.41) is 9.22. The fourth-order valence-corrected chi connectivity index (χ4v) is 2.19. The number of hydrogen-bond acceptors (Lipinski definition) is 5. The van der Waals surface area contributed by atoms with Gasteiger partial charge in [0.1, 0.15) is 5.75 Å². The summed E-state index contributed by atoms with van der Waals surface area (Å²) >= 11 is 0. The van der Waals surface area contributed by atoms with Crippen LogP contribution in [0.2, 0.25) is 0 Å². The van der Waals surface area contributed by atoms with E-state index in [1.54, 1.807) is 18.3 Å². The highest BCUT2D eigenvalue weighted by atomic mass is 16.5. The summed E-state index contributed by atoms with van der Waals surface area (Å²) in [5.41, 5.74) is 2.20. The second kappa shape index (κ2) is 8.26. The van der Waals surface area contributed by atoms with Crippen molar-refractivity contribution in [2.24, 2.45) is 0 Å². The average molecular weight is 300 g/mol. The van der Waals surface area contributed by atoms with E-state index in [-0.39, 0.29) is 12.6 Å². The Bertz CT molecular complexity index is 585. The molecule has 1 N–H and O–H groups in total. The van der Waals surface area contributed by atoms with Crippen LogP contribution in [0.5, 0.6) is 5.75 Å². The molecule has 0 saturated carbocycles. The van der Waals surface area contributed by atoms with Gasteiger partial charge in [-0.3, -0.25) is 14.7 Å². The summed E-state index contributed by atoms with van der Waals surface area (Å²) in [6.45, 7) is 3.49. The number of hydrogen-bond donors (Lipinski definition) is 1. The molecule has 0 saturated heterocycles. The molecular weight excluding hydrogens is 280 g/mol. The van der Waals surface area contributed by atoms with Crippen molar-refractivity contribution in [2.45, 2.75) is 20.0 Å². The van der Waals surface area contributed by atoms with Gasteiger partial charge in [-0.1, -0.05) is 18.2 Å². The van der Waals surface area contributed by atoms with Gasteiger partial charge in [0.15, 0.2) is 0 Å². The monoisotopic (exact) mass is 300 g/mol. The maximum atomic E-state index is 10.9. The predicted octanol–water partition coefficient (Wildman–Crippen LogP) is 2.00. The minimum atomic E-state index is -0.328. The average Bonchev–Trinajstić information content (AvgIpc) is 2.50. The van der Waals surface area contributed by atoms with E-state index in [1.165, 1.54) is 6.92 Å². The Morgan fingerprint density at radius 3 is 2.50 bits per heavy atom. The van der Waals surface area contributed by atoms with Gasteiger partial charge in [0.05, 0.1) is 6.61 Å². The Balaban J connectivity index is 1.99. The number of rotatable bonds is 7. The zero-order chi connectivity index (χ0) is 15.8. The molecule has 2 aromatic rings. The second-order valence-corrected chi connectivity index (χ2v) is 5.03. The first-order valence-electron chi connectivity index (χ1n) is 7.17. The van der Waals surface area contributed by atoms with Crippen LogP contribution in [-0.4, -0.2) is 34.1 Å². The minimum absolute atomic E-state index is 0.103. The van der Waals surface area contributed by atoms with Gasteiger partial charge in [0.25, 0.3) is 0 Å². The highest BCUT2D eigenvalue weighted by Gasteiger charge is 2.07. The molecule has 22 heavy (non-hydrogen) atoms. The Morgan fingerprint density at radius 2 is 1.91 bits per heavy atom. The first-order chi connectivity index (χ1) is 10.7. The SMILES string of the molecule is CC(=O)Oc1ccc(CN(CCO)Cc2cccnc2)cc1. The highest BCUT2D eigenvalue weighted by molar-refractivity contribution is 5.69. The van der Waals surface area contributed by atoms with Crippen LogP contribution >= 0.6 is 0 Å². The predicted molar refractivity (Wildman–Crippen MR) is 83.2 cm³/mol. The molecule has 0 spiro atoms. The molecule has 0 aliphatic carbocycles. The minimum Gasteiger partial charge on any atom is -0.427 e. The van der Waals surface area contributed by atoms with Gasteiger partial charge in [-0.25, -0.2) is 0 Å². The molecule has 0 amide bonds. The second-order valence-electron chi connectivity index (χ2n) is 5.03. The number of pyridine rings is 1. The molecule has 0 atom stereocenters. The maximum Gasteiger partial charge on any atom is 0.308 e. The fraction of sp³-hybridized carbons (Fsp3) is 0.294. The lowest BCUT2D eigenvalue weighted by atomic mass is 10.2. The van der Waals surface area contributed by atoms with Crippen LogP contribution in [0.25, 0.3) is 0 Å². The van der Waals surface area contributed by atoms with E-state index in [2.05, 4.69) is 9.88 Å². The Morgan fingerprint density at radius 1 is 1.18 bits per heavy atom. The van der Waals surface area contributed by atoms with Crippen LogP contribution in [0.4, 0.5) is 0 Å². The smallest absolute Gasteiger partial charge is 0.308 e. The number of aliphatic hydroxyl groups excluding tert-OH is 1. The number of carbonyl (C=O) groups is 1. The van der Waals surface area contributed by atoms with Crippen molar-refractivity contribution in [3.05, 3.63) is 59.9 Å². The summed E-state index contributed by atoms with van der Waals surface area (Å²) in [5.74, 6) is 0.212. The van der Waals surface area contributed by atoms with Gasteiger partial charge in [-0.2, -0.15) is 0 Å². The Hall–Kier alpha value is -2.24. The first kappa shape index (κ1) is 16.1. The number of benzene rings is 1. The molecule has 5 nitrogen and oxygen atoms in total. The van der Waals surface area contributed by atoms with Crippen LogP contribution < -0.4 is 4.74 Å². The molecule has 1 heterocycles. The lowest BCUT2D eigenvalue weighted by Gasteiger charge is -2.21. The van der Waals surface area contributed by atoms with Crippen molar-refractivity contribution in [1.82, 2.24) is 9.88 Å². The van der Waals surface area contributed by atoms with E-state index in [0.717, 1.165) is 17.7 Å². The quantitative estimate of drug-likeness (QED) is 0.626. The van der Waals surface area contributed by atoms with Crippen molar-refractivity contribution < 1.29 is 14.6 Å². The number of aliphatic hydroxyl groups is 1. The Labute approximate surface area is 130 Å². The molecule has 0 aliphatic rings. The number of carbonyl (C=O) groups excluding carboxylic acids is 1. The number of nitrogens with zero attached hydrogens (tertiary/aromatic N) is 2. The van der Waals surface area contributed by atoms with Crippen LogP contribution in [-0.2, 0) is 17.9 Å². The molecule has 5 heteroatoms. The topological polar surface area (TPSA) is 62.7 Å². The normalized spacial score (nSPS) is 10.7. The number of aromatic nitrogens is 1. The van der Waals surface area contributed by atoms with E-state index in [4.69, 9.17) is 4.74 Å². The van der Waals surface area contributed by atoms with E-state index < -0.39 is 0 Å².